The number of hydrogen-bond donors (Lipinski definition) is 1. The molecule has 2 heterocycles. The van der Waals surface area contributed by atoms with Crippen LogP contribution < -0.4 is 20.3 Å². The number of methoxy groups -OCH3 is 2. The molecule has 170 valence electrons. The zero-order chi connectivity index (χ0) is 23.5. The van der Waals surface area contributed by atoms with Crippen molar-refractivity contribution in [3.05, 3.63) is 81.9 Å². The zero-order valence-corrected chi connectivity index (χ0v) is 19.1. The van der Waals surface area contributed by atoms with Crippen LogP contribution in [0.15, 0.2) is 59.7 Å². The smallest absolute Gasteiger partial charge is 0.276 e. The first-order valence-corrected chi connectivity index (χ1v) is 10.6. The number of benzene rings is 2. The standard InChI is InChI=1S/C25H26N4O4/c1-16-5-6-17(2)20(13-16)21-15-22-25(31)28(11-12-29(22)27-21)10-9-26-24(30)19-8-7-18(32-3)14-23(19)33-4/h5-8,11-15H,9-10H2,1-4H3,(H,26,30). The van der Waals surface area contributed by atoms with Crippen molar-refractivity contribution in [2.75, 3.05) is 20.8 Å². The van der Waals surface area contributed by atoms with E-state index in [-0.39, 0.29) is 18.0 Å². The molecule has 0 saturated carbocycles. The zero-order valence-electron chi connectivity index (χ0n) is 19.1. The molecule has 33 heavy (non-hydrogen) atoms. The molecule has 2 aromatic carbocycles. The van der Waals surface area contributed by atoms with Gasteiger partial charge in [0.25, 0.3) is 11.5 Å². The Bertz CT molecular complexity index is 1390. The van der Waals surface area contributed by atoms with Gasteiger partial charge in [0.2, 0.25) is 0 Å². The molecular weight excluding hydrogens is 420 g/mol. The summed E-state index contributed by atoms with van der Waals surface area (Å²) in [5, 5.41) is 7.42. The van der Waals surface area contributed by atoms with Crippen molar-refractivity contribution in [3.8, 4) is 22.8 Å². The van der Waals surface area contributed by atoms with E-state index < -0.39 is 0 Å². The molecule has 0 unspecified atom stereocenters. The van der Waals surface area contributed by atoms with E-state index in [1.54, 1.807) is 52.9 Å². The van der Waals surface area contributed by atoms with Crippen molar-refractivity contribution in [3.63, 3.8) is 0 Å². The van der Waals surface area contributed by atoms with Gasteiger partial charge in [0.1, 0.15) is 17.0 Å². The average molecular weight is 447 g/mol. The number of ether oxygens (including phenoxy) is 2. The first-order chi connectivity index (χ1) is 15.9. The monoisotopic (exact) mass is 446 g/mol. The summed E-state index contributed by atoms with van der Waals surface area (Å²) >= 11 is 0. The van der Waals surface area contributed by atoms with E-state index in [1.165, 1.54) is 7.11 Å². The molecule has 0 aliphatic heterocycles. The van der Waals surface area contributed by atoms with E-state index in [2.05, 4.69) is 22.5 Å². The van der Waals surface area contributed by atoms with Crippen molar-refractivity contribution in [2.24, 2.45) is 0 Å². The van der Waals surface area contributed by atoms with Gasteiger partial charge in [0.15, 0.2) is 0 Å². The number of rotatable bonds is 7. The Hall–Kier alpha value is -4.07. The van der Waals surface area contributed by atoms with Crippen LogP contribution in [0.1, 0.15) is 21.5 Å². The normalized spacial score (nSPS) is 10.9. The lowest BCUT2D eigenvalue weighted by Crippen LogP contribution is -2.31. The van der Waals surface area contributed by atoms with Gasteiger partial charge in [0.05, 0.1) is 25.5 Å². The predicted octanol–water partition coefficient (Wildman–Crippen LogP) is 3.23. The molecule has 8 heteroatoms. The first kappa shape index (κ1) is 22.1. The Kier molecular flexibility index (Phi) is 6.17. The summed E-state index contributed by atoms with van der Waals surface area (Å²) in [7, 11) is 3.05. The first-order valence-electron chi connectivity index (χ1n) is 10.6. The molecular formula is C25H26N4O4. The van der Waals surface area contributed by atoms with Crippen molar-refractivity contribution >= 4 is 11.4 Å². The van der Waals surface area contributed by atoms with Gasteiger partial charge in [-0.2, -0.15) is 5.10 Å². The number of nitrogens with zero attached hydrogens (tertiary/aromatic N) is 3. The molecule has 0 aliphatic carbocycles. The molecule has 8 nitrogen and oxygen atoms in total. The molecule has 4 aromatic rings. The lowest BCUT2D eigenvalue weighted by Gasteiger charge is -2.11. The van der Waals surface area contributed by atoms with Crippen molar-refractivity contribution in [1.29, 1.82) is 0 Å². The largest absolute Gasteiger partial charge is 0.497 e. The maximum Gasteiger partial charge on any atom is 0.276 e. The number of nitrogens with one attached hydrogen (secondary N) is 1. The van der Waals surface area contributed by atoms with Gasteiger partial charge in [-0.1, -0.05) is 17.7 Å². The van der Waals surface area contributed by atoms with Crippen LogP contribution in [0.5, 0.6) is 11.5 Å². The van der Waals surface area contributed by atoms with Gasteiger partial charge in [-0.25, -0.2) is 4.52 Å². The molecule has 4 rings (SSSR count). The summed E-state index contributed by atoms with van der Waals surface area (Å²) < 4.78 is 13.6. The van der Waals surface area contributed by atoms with Crippen LogP contribution in [0.25, 0.3) is 16.8 Å². The second-order valence-electron chi connectivity index (χ2n) is 7.80. The molecule has 2 aromatic heterocycles. The van der Waals surface area contributed by atoms with Crippen LogP contribution in [0, 0.1) is 13.8 Å². The van der Waals surface area contributed by atoms with Crippen LogP contribution in [-0.4, -0.2) is 40.9 Å². The molecule has 1 amide bonds. The fourth-order valence-corrected chi connectivity index (χ4v) is 3.72. The number of carbonyl (C=O) groups is 1. The highest BCUT2D eigenvalue weighted by atomic mass is 16.5. The number of hydrogen-bond acceptors (Lipinski definition) is 5. The minimum Gasteiger partial charge on any atom is -0.497 e. The van der Waals surface area contributed by atoms with Crippen LogP contribution in [0.3, 0.4) is 0 Å². The van der Waals surface area contributed by atoms with Crippen LogP contribution in [0.2, 0.25) is 0 Å². The van der Waals surface area contributed by atoms with Crippen LogP contribution in [-0.2, 0) is 6.54 Å². The summed E-state index contributed by atoms with van der Waals surface area (Å²) in [4.78, 5) is 25.6. The summed E-state index contributed by atoms with van der Waals surface area (Å²) in [6, 6.07) is 13.0. The highest BCUT2D eigenvalue weighted by molar-refractivity contribution is 5.97. The summed E-state index contributed by atoms with van der Waals surface area (Å²) in [5.41, 5.74) is 4.70. The van der Waals surface area contributed by atoms with E-state index in [0.717, 1.165) is 22.4 Å². The molecule has 0 spiro atoms. The van der Waals surface area contributed by atoms with E-state index >= 15 is 0 Å². The SMILES string of the molecule is COc1ccc(C(=O)NCCn2ccn3nc(-c4cc(C)ccc4C)cc3c2=O)c(OC)c1. The molecule has 0 bridgehead atoms. The maximum atomic E-state index is 13.0. The quantitative estimate of drug-likeness (QED) is 0.471. The van der Waals surface area contributed by atoms with Gasteiger partial charge in [-0.05, 0) is 43.7 Å². The molecule has 0 saturated heterocycles. The summed E-state index contributed by atoms with van der Waals surface area (Å²) in [5.74, 6) is 0.734. The third-order valence-electron chi connectivity index (χ3n) is 5.56. The van der Waals surface area contributed by atoms with Crippen molar-refractivity contribution in [1.82, 2.24) is 19.5 Å². The molecule has 0 fully saturated rings. The minimum atomic E-state index is -0.287. The highest BCUT2D eigenvalue weighted by Gasteiger charge is 2.14. The maximum absolute atomic E-state index is 13.0. The lowest BCUT2D eigenvalue weighted by atomic mass is 10.0. The Morgan fingerprint density at radius 1 is 1.03 bits per heavy atom. The Labute approximate surface area is 191 Å². The van der Waals surface area contributed by atoms with Gasteiger partial charge in [-0.3, -0.25) is 9.59 Å². The van der Waals surface area contributed by atoms with Gasteiger partial charge < -0.3 is 19.4 Å². The average Bonchev–Trinajstić information content (AvgIpc) is 3.26. The second kappa shape index (κ2) is 9.20. The van der Waals surface area contributed by atoms with Gasteiger partial charge in [-0.15, -0.1) is 0 Å². The number of aryl methyl sites for hydroxylation is 2. The topological polar surface area (TPSA) is 86.9 Å². The van der Waals surface area contributed by atoms with Crippen LogP contribution >= 0.6 is 0 Å². The lowest BCUT2D eigenvalue weighted by molar-refractivity contribution is 0.0949. The third-order valence-corrected chi connectivity index (χ3v) is 5.56. The number of aromatic nitrogens is 3. The van der Waals surface area contributed by atoms with Crippen molar-refractivity contribution < 1.29 is 14.3 Å². The second-order valence-corrected chi connectivity index (χ2v) is 7.80. The van der Waals surface area contributed by atoms with Crippen molar-refractivity contribution in [2.45, 2.75) is 20.4 Å². The van der Waals surface area contributed by atoms with Gasteiger partial charge >= 0.3 is 0 Å². The molecule has 0 aliphatic rings. The minimum absolute atomic E-state index is 0.169. The number of amides is 1. The Morgan fingerprint density at radius 3 is 2.61 bits per heavy atom. The fraction of sp³-hybridized carbons (Fsp3) is 0.240. The number of fused-ring (bicyclic) bond motifs is 1. The fourth-order valence-electron chi connectivity index (χ4n) is 3.72. The summed E-state index contributed by atoms with van der Waals surface area (Å²) in [6.07, 6.45) is 3.43. The number of carbonyl (C=O) groups excluding carboxylic acids is 1. The van der Waals surface area contributed by atoms with E-state index in [9.17, 15) is 9.59 Å². The molecule has 0 atom stereocenters. The van der Waals surface area contributed by atoms with Crippen LogP contribution in [0.4, 0.5) is 0 Å². The van der Waals surface area contributed by atoms with E-state index in [4.69, 9.17) is 9.47 Å². The Morgan fingerprint density at radius 2 is 1.85 bits per heavy atom. The van der Waals surface area contributed by atoms with Gasteiger partial charge in [0, 0.05) is 37.1 Å². The summed E-state index contributed by atoms with van der Waals surface area (Å²) in [6.45, 7) is 4.66. The predicted molar refractivity (Wildman–Crippen MR) is 126 cm³/mol. The molecule has 1 N–H and O–H groups in total. The molecule has 0 radical (unpaired) electrons. The Balaban J connectivity index is 1.51. The highest BCUT2D eigenvalue weighted by Crippen LogP contribution is 2.25. The third kappa shape index (κ3) is 4.45. The van der Waals surface area contributed by atoms with E-state index in [0.29, 0.717) is 29.1 Å². The van der Waals surface area contributed by atoms with E-state index in [1.807, 2.05) is 19.9 Å².